The standard InChI is InChI=1S/C21H27N5/c1-2-17-7-5-6-14-26(17)21-23-13-11-20(25-21)22-12-10-16-15-24-19-9-4-3-8-18(16)19/h3-4,8-9,11,13,15,17,24H,2,5-7,10,12,14H2,1H3,(H,22,23,25). The third kappa shape index (κ3) is 3.52. The van der Waals surface area contributed by atoms with Gasteiger partial charge in [0, 0.05) is 42.4 Å². The third-order valence-electron chi connectivity index (χ3n) is 5.37. The Hall–Kier alpha value is -2.56. The van der Waals surface area contributed by atoms with Crippen LogP contribution in [0.15, 0.2) is 42.7 Å². The highest BCUT2D eigenvalue weighted by atomic mass is 15.3. The van der Waals surface area contributed by atoms with Gasteiger partial charge in [-0.15, -0.1) is 0 Å². The van der Waals surface area contributed by atoms with Gasteiger partial charge < -0.3 is 15.2 Å². The van der Waals surface area contributed by atoms with Gasteiger partial charge in [0.25, 0.3) is 0 Å². The molecule has 2 N–H and O–H groups in total. The van der Waals surface area contributed by atoms with E-state index in [2.05, 4.69) is 57.6 Å². The summed E-state index contributed by atoms with van der Waals surface area (Å²) >= 11 is 0. The summed E-state index contributed by atoms with van der Waals surface area (Å²) in [7, 11) is 0. The number of hydrogen-bond acceptors (Lipinski definition) is 4. The lowest BCUT2D eigenvalue weighted by atomic mass is 10.0. The van der Waals surface area contributed by atoms with Gasteiger partial charge in [-0.1, -0.05) is 25.1 Å². The first-order valence-corrected chi connectivity index (χ1v) is 9.73. The average Bonchev–Trinajstić information content (AvgIpc) is 3.11. The topological polar surface area (TPSA) is 56.8 Å². The summed E-state index contributed by atoms with van der Waals surface area (Å²) in [6, 6.07) is 11.0. The molecule has 0 saturated carbocycles. The first-order valence-electron chi connectivity index (χ1n) is 9.73. The molecule has 0 aliphatic carbocycles. The van der Waals surface area contributed by atoms with Crippen molar-refractivity contribution in [2.75, 3.05) is 23.3 Å². The van der Waals surface area contributed by atoms with Gasteiger partial charge in [0.1, 0.15) is 5.82 Å². The van der Waals surface area contributed by atoms with Crippen LogP contribution in [0.5, 0.6) is 0 Å². The van der Waals surface area contributed by atoms with Gasteiger partial charge in [-0.3, -0.25) is 0 Å². The van der Waals surface area contributed by atoms with E-state index < -0.39 is 0 Å². The van der Waals surface area contributed by atoms with Crippen LogP contribution >= 0.6 is 0 Å². The largest absolute Gasteiger partial charge is 0.370 e. The summed E-state index contributed by atoms with van der Waals surface area (Å²) in [4.78, 5) is 15.0. The third-order valence-corrected chi connectivity index (χ3v) is 5.37. The maximum absolute atomic E-state index is 4.77. The molecule has 0 bridgehead atoms. The van der Waals surface area contributed by atoms with Gasteiger partial charge in [0.15, 0.2) is 0 Å². The van der Waals surface area contributed by atoms with E-state index in [0.29, 0.717) is 6.04 Å². The molecule has 1 aromatic carbocycles. The van der Waals surface area contributed by atoms with E-state index in [9.17, 15) is 0 Å². The number of nitrogens with zero attached hydrogens (tertiary/aromatic N) is 3. The zero-order chi connectivity index (χ0) is 17.8. The highest BCUT2D eigenvalue weighted by molar-refractivity contribution is 5.83. The molecule has 5 heteroatoms. The predicted octanol–water partition coefficient (Wildman–Crippen LogP) is 4.38. The zero-order valence-corrected chi connectivity index (χ0v) is 15.4. The molecule has 1 fully saturated rings. The molecule has 1 atom stereocenters. The van der Waals surface area contributed by atoms with Gasteiger partial charge in [-0.05, 0) is 49.8 Å². The molecule has 1 saturated heterocycles. The molecule has 0 amide bonds. The number of benzene rings is 1. The van der Waals surface area contributed by atoms with Crippen LogP contribution in [-0.4, -0.2) is 34.1 Å². The Balaban J connectivity index is 1.41. The second kappa shape index (κ2) is 7.77. The Kier molecular flexibility index (Phi) is 5.04. The van der Waals surface area contributed by atoms with Crippen LogP contribution in [0.1, 0.15) is 38.2 Å². The fourth-order valence-corrected chi connectivity index (χ4v) is 3.94. The molecule has 0 radical (unpaired) electrons. The minimum atomic E-state index is 0.574. The number of aromatic amines is 1. The fraction of sp³-hybridized carbons (Fsp3) is 0.429. The SMILES string of the molecule is CCC1CCCCN1c1nccc(NCCc2c[nH]c3ccccc23)n1. The second-order valence-electron chi connectivity index (χ2n) is 7.03. The van der Waals surface area contributed by atoms with Crippen molar-refractivity contribution in [3.63, 3.8) is 0 Å². The molecule has 1 aliphatic heterocycles. The summed E-state index contributed by atoms with van der Waals surface area (Å²) in [6.07, 6.45) is 9.90. The molecule has 1 unspecified atom stereocenters. The van der Waals surface area contributed by atoms with E-state index in [0.717, 1.165) is 37.7 Å². The van der Waals surface area contributed by atoms with Gasteiger partial charge in [0.2, 0.25) is 5.95 Å². The van der Waals surface area contributed by atoms with Crippen LogP contribution in [0, 0.1) is 0 Å². The molecule has 1 aliphatic rings. The number of H-pyrrole nitrogens is 1. The van der Waals surface area contributed by atoms with Crippen molar-refractivity contribution in [2.24, 2.45) is 0 Å². The smallest absolute Gasteiger partial charge is 0.227 e. The van der Waals surface area contributed by atoms with Gasteiger partial charge in [0.05, 0.1) is 0 Å². The monoisotopic (exact) mass is 349 g/mol. The molecule has 0 spiro atoms. The quantitative estimate of drug-likeness (QED) is 0.693. The molecule has 5 nitrogen and oxygen atoms in total. The Morgan fingerprint density at radius 1 is 1.23 bits per heavy atom. The molecule has 26 heavy (non-hydrogen) atoms. The van der Waals surface area contributed by atoms with Gasteiger partial charge >= 0.3 is 0 Å². The van der Waals surface area contributed by atoms with Gasteiger partial charge in [-0.2, -0.15) is 4.98 Å². The minimum absolute atomic E-state index is 0.574. The van der Waals surface area contributed by atoms with Crippen molar-refractivity contribution < 1.29 is 0 Å². The summed E-state index contributed by atoms with van der Waals surface area (Å²) in [6.45, 7) is 4.18. The summed E-state index contributed by atoms with van der Waals surface area (Å²) in [5.41, 5.74) is 2.53. The van der Waals surface area contributed by atoms with E-state index in [4.69, 9.17) is 4.98 Å². The Morgan fingerprint density at radius 3 is 3.08 bits per heavy atom. The predicted molar refractivity (Wildman–Crippen MR) is 108 cm³/mol. The van der Waals surface area contributed by atoms with E-state index in [1.165, 1.54) is 35.7 Å². The molecule has 3 aromatic rings. The van der Waals surface area contributed by atoms with Crippen LogP contribution in [0.2, 0.25) is 0 Å². The van der Waals surface area contributed by atoms with Crippen LogP contribution in [0.25, 0.3) is 10.9 Å². The highest BCUT2D eigenvalue weighted by Crippen LogP contribution is 2.24. The normalized spacial score (nSPS) is 17.6. The van der Waals surface area contributed by atoms with Crippen LogP contribution < -0.4 is 10.2 Å². The maximum atomic E-state index is 4.77. The number of nitrogens with one attached hydrogen (secondary N) is 2. The Labute approximate surface area is 154 Å². The van der Waals surface area contributed by atoms with Gasteiger partial charge in [-0.25, -0.2) is 4.98 Å². The number of para-hydroxylation sites is 1. The number of rotatable bonds is 6. The number of hydrogen-bond donors (Lipinski definition) is 2. The number of aromatic nitrogens is 3. The molecule has 136 valence electrons. The molecule has 2 aromatic heterocycles. The van der Waals surface area contributed by atoms with E-state index >= 15 is 0 Å². The maximum Gasteiger partial charge on any atom is 0.227 e. The molecule has 3 heterocycles. The van der Waals surface area contributed by atoms with Crippen molar-refractivity contribution in [3.05, 3.63) is 48.3 Å². The van der Waals surface area contributed by atoms with Crippen molar-refractivity contribution in [3.8, 4) is 0 Å². The summed E-state index contributed by atoms with van der Waals surface area (Å²) in [5, 5.41) is 4.77. The van der Waals surface area contributed by atoms with Crippen molar-refractivity contribution in [1.29, 1.82) is 0 Å². The first-order chi connectivity index (χ1) is 12.8. The van der Waals surface area contributed by atoms with Crippen LogP contribution in [0.4, 0.5) is 11.8 Å². The molecule has 4 rings (SSSR count). The number of anilines is 2. The van der Waals surface area contributed by atoms with Crippen molar-refractivity contribution >= 4 is 22.7 Å². The van der Waals surface area contributed by atoms with Crippen molar-refractivity contribution in [2.45, 2.75) is 45.1 Å². The summed E-state index contributed by atoms with van der Waals surface area (Å²) < 4.78 is 0. The van der Waals surface area contributed by atoms with Crippen LogP contribution in [-0.2, 0) is 6.42 Å². The average molecular weight is 349 g/mol. The molecular weight excluding hydrogens is 322 g/mol. The fourth-order valence-electron chi connectivity index (χ4n) is 3.94. The van der Waals surface area contributed by atoms with E-state index in [1.807, 2.05) is 12.3 Å². The Bertz CT molecular complexity index is 856. The van der Waals surface area contributed by atoms with E-state index in [-0.39, 0.29) is 0 Å². The first kappa shape index (κ1) is 16.9. The number of piperidine rings is 1. The zero-order valence-electron chi connectivity index (χ0n) is 15.4. The lowest BCUT2D eigenvalue weighted by molar-refractivity contribution is 0.443. The lowest BCUT2D eigenvalue weighted by Gasteiger charge is -2.35. The van der Waals surface area contributed by atoms with Crippen molar-refractivity contribution in [1.82, 2.24) is 15.0 Å². The lowest BCUT2D eigenvalue weighted by Crippen LogP contribution is -2.40. The minimum Gasteiger partial charge on any atom is -0.370 e. The van der Waals surface area contributed by atoms with E-state index in [1.54, 1.807) is 0 Å². The second-order valence-corrected chi connectivity index (χ2v) is 7.03. The highest BCUT2D eigenvalue weighted by Gasteiger charge is 2.23. The summed E-state index contributed by atoms with van der Waals surface area (Å²) in [5.74, 6) is 1.78. The van der Waals surface area contributed by atoms with Crippen LogP contribution in [0.3, 0.4) is 0 Å². The number of fused-ring (bicyclic) bond motifs is 1. The molecular formula is C21H27N5. The Morgan fingerprint density at radius 2 is 2.15 bits per heavy atom.